The predicted octanol–water partition coefficient (Wildman–Crippen LogP) is 1.76. The first-order chi connectivity index (χ1) is 8.78. The molecule has 0 spiro atoms. The van der Waals surface area contributed by atoms with Gasteiger partial charge in [0.2, 0.25) is 10.0 Å². The first-order valence-electron chi connectivity index (χ1n) is 5.84. The molecule has 19 heavy (non-hydrogen) atoms. The first-order valence-corrected chi connectivity index (χ1v) is 7.69. The van der Waals surface area contributed by atoms with Crippen LogP contribution in [-0.4, -0.2) is 30.8 Å². The van der Waals surface area contributed by atoms with Crippen LogP contribution in [0.4, 0.5) is 4.39 Å². The van der Waals surface area contributed by atoms with Gasteiger partial charge in [-0.2, -0.15) is 4.31 Å². The van der Waals surface area contributed by atoms with Crippen molar-refractivity contribution in [1.29, 1.82) is 0 Å². The summed E-state index contributed by atoms with van der Waals surface area (Å²) in [5, 5.41) is 0. The maximum atomic E-state index is 13.1. The van der Waals surface area contributed by atoms with E-state index in [2.05, 4.69) is 0 Å². The maximum absolute atomic E-state index is 13.1. The molecule has 0 saturated carbocycles. The summed E-state index contributed by atoms with van der Waals surface area (Å²) in [5.74, 6) is -0.821. The molecule has 1 aromatic rings. The van der Waals surface area contributed by atoms with Gasteiger partial charge >= 0.3 is 0 Å². The van der Waals surface area contributed by atoms with Gasteiger partial charge in [0.05, 0.1) is 9.88 Å². The number of nitrogens with zero attached hydrogens (tertiary/aromatic N) is 1. The largest absolute Gasteiger partial charge is 0.393 e. The lowest BCUT2D eigenvalue weighted by molar-refractivity contribution is 0.405. The summed E-state index contributed by atoms with van der Waals surface area (Å²) in [6.07, 6.45) is 0. The molecule has 0 aliphatic carbocycles. The van der Waals surface area contributed by atoms with E-state index in [9.17, 15) is 12.8 Å². The molecule has 106 valence electrons. The van der Waals surface area contributed by atoms with E-state index < -0.39 is 15.8 Å². The molecule has 0 bridgehead atoms. The fourth-order valence-corrected chi connectivity index (χ4v) is 3.21. The lowest BCUT2D eigenvalue weighted by atomic mass is 10.2. The van der Waals surface area contributed by atoms with Crippen molar-refractivity contribution >= 4 is 27.2 Å². The Balaban J connectivity index is 3.06. The summed E-state index contributed by atoms with van der Waals surface area (Å²) in [6, 6.07) is 4.94. The quantitative estimate of drug-likeness (QED) is 0.813. The number of rotatable bonds is 6. The molecule has 0 aromatic heterocycles. The van der Waals surface area contributed by atoms with Crippen molar-refractivity contribution in [3.05, 3.63) is 30.1 Å². The van der Waals surface area contributed by atoms with E-state index in [-0.39, 0.29) is 28.9 Å². The highest BCUT2D eigenvalue weighted by molar-refractivity contribution is 7.89. The van der Waals surface area contributed by atoms with E-state index in [1.165, 1.54) is 22.5 Å². The monoisotopic (exact) mass is 304 g/mol. The topological polar surface area (TPSA) is 63.4 Å². The van der Waals surface area contributed by atoms with Crippen LogP contribution in [0.5, 0.6) is 0 Å². The zero-order valence-corrected chi connectivity index (χ0v) is 12.5. The smallest absolute Gasteiger partial charge is 0.243 e. The van der Waals surface area contributed by atoms with Gasteiger partial charge in [-0.25, -0.2) is 12.8 Å². The van der Waals surface area contributed by atoms with Gasteiger partial charge in [-0.15, -0.1) is 0 Å². The van der Waals surface area contributed by atoms with Crippen molar-refractivity contribution < 1.29 is 12.8 Å². The number of hydrogen-bond donors (Lipinski definition) is 1. The summed E-state index contributed by atoms with van der Waals surface area (Å²) in [7, 11) is -3.72. The zero-order valence-electron chi connectivity index (χ0n) is 10.8. The third-order valence-corrected chi connectivity index (χ3v) is 5.09. The number of thiocarbonyl (C=S) groups is 1. The number of benzene rings is 1. The molecule has 0 aliphatic rings. The van der Waals surface area contributed by atoms with Crippen LogP contribution in [0.3, 0.4) is 0 Å². The Kier molecular flexibility index (Phi) is 5.39. The van der Waals surface area contributed by atoms with Crippen molar-refractivity contribution in [2.75, 3.05) is 13.1 Å². The van der Waals surface area contributed by atoms with Gasteiger partial charge in [0.1, 0.15) is 5.82 Å². The minimum atomic E-state index is -3.72. The van der Waals surface area contributed by atoms with Gasteiger partial charge < -0.3 is 5.73 Å². The van der Waals surface area contributed by atoms with Crippen LogP contribution in [-0.2, 0) is 10.0 Å². The maximum Gasteiger partial charge on any atom is 0.243 e. The fraction of sp³-hybridized carbons (Fsp3) is 0.417. The van der Waals surface area contributed by atoms with Crippen molar-refractivity contribution in [2.24, 2.45) is 11.7 Å². The highest BCUT2D eigenvalue weighted by Crippen LogP contribution is 2.17. The van der Waals surface area contributed by atoms with E-state index in [0.717, 1.165) is 6.07 Å². The van der Waals surface area contributed by atoms with Crippen LogP contribution in [0.15, 0.2) is 29.2 Å². The molecule has 7 heteroatoms. The average Bonchev–Trinajstić information content (AvgIpc) is 2.35. The lowest BCUT2D eigenvalue weighted by Gasteiger charge is -2.23. The molecule has 0 radical (unpaired) electrons. The van der Waals surface area contributed by atoms with Gasteiger partial charge in [0.25, 0.3) is 0 Å². The van der Waals surface area contributed by atoms with Gasteiger partial charge in [0.15, 0.2) is 0 Å². The predicted molar refractivity (Wildman–Crippen MR) is 76.8 cm³/mol. The minimum absolute atomic E-state index is 0.0653. The van der Waals surface area contributed by atoms with Crippen LogP contribution in [0, 0.1) is 11.7 Å². The van der Waals surface area contributed by atoms with Crippen molar-refractivity contribution in [2.45, 2.75) is 18.7 Å². The van der Waals surface area contributed by atoms with Gasteiger partial charge in [-0.1, -0.05) is 32.1 Å². The molecule has 0 heterocycles. The zero-order chi connectivity index (χ0) is 14.6. The standard InChI is InChI=1S/C12H17FN2O2S2/c1-3-15(8-9(2)12(14)18)19(16,17)11-6-4-5-10(13)7-11/h4-7,9H,3,8H2,1-2H3,(H2,14,18). The second-order valence-corrected chi connectivity index (χ2v) is 6.63. The molecule has 0 fully saturated rings. The normalized spacial score (nSPS) is 13.5. The Hall–Kier alpha value is -1.05. The summed E-state index contributed by atoms with van der Waals surface area (Å²) in [5.41, 5.74) is 5.49. The summed E-state index contributed by atoms with van der Waals surface area (Å²) in [6.45, 7) is 3.92. The van der Waals surface area contributed by atoms with Crippen LogP contribution >= 0.6 is 12.2 Å². The first kappa shape index (κ1) is 16.0. The van der Waals surface area contributed by atoms with Gasteiger partial charge in [-0.3, -0.25) is 0 Å². The van der Waals surface area contributed by atoms with Crippen LogP contribution in [0.2, 0.25) is 0 Å². The lowest BCUT2D eigenvalue weighted by Crippen LogP contribution is -2.38. The summed E-state index contributed by atoms with van der Waals surface area (Å²) in [4.78, 5) is 0.192. The number of hydrogen-bond acceptors (Lipinski definition) is 3. The van der Waals surface area contributed by atoms with E-state index in [1.54, 1.807) is 13.8 Å². The van der Waals surface area contributed by atoms with E-state index in [1.807, 2.05) is 0 Å². The Bertz CT molecular complexity index is 561. The van der Waals surface area contributed by atoms with E-state index >= 15 is 0 Å². The summed E-state index contributed by atoms with van der Waals surface area (Å²) < 4.78 is 39.1. The third kappa shape index (κ3) is 3.95. The second-order valence-electron chi connectivity index (χ2n) is 4.22. The third-order valence-electron chi connectivity index (χ3n) is 2.75. The van der Waals surface area contributed by atoms with E-state index in [0.29, 0.717) is 0 Å². The van der Waals surface area contributed by atoms with E-state index in [4.69, 9.17) is 18.0 Å². The van der Waals surface area contributed by atoms with Crippen LogP contribution in [0.25, 0.3) is 0 Å². The molecule has 1 aromatic carbocycles. The minimum Gasteiger partial charge on any atom is -0.393 e. The molecule has 4 nitrogen and oxygen atoms in total. The fourth-order valence-electron chi connectivity index (χ4n) is 1.57. The molecule has 1 unspecified atom stereocenters. The van der Waals surface area contributed by atoms with Gasteiger partial charge in [0, 0.05) is 19.0 Å². The molecule has 1 rings (SSSR count). The molecule has 1 atom stereocenters. The SMILES string of the molecule is CCN(CC(C)C(N)=S)S(=O)(=O)c1cccc(F)c1. The Morgan fingerprint density at radius 3 is 2.63 bits per heavy atom. The van der Waals surface area contributed by atoms with Crippen molar-refractivity contribution in [3.8, 4) is 0 Å². The molecule has 0 saturated heterocycles. The van der Waals surface area contributed by atoms with Crippen molar-refractivity contribution in [3.63, 3.8) is 0 Å². The van der Waals surface area contributed by atoms with Crippen LogP contribution < -0.4 is 5.73 Å². The molecule has 0 amide bonds. The molecular weight excluding hydrogens is 287 g/mol. The van der Waals surface area contributed by atoms with Gasteiger partial charge in [-0.05, 0) is 18.2 Å². The Labute approximate surface area is 118 Å². The average molecular weight is 304 g/mol. The highest BCUT2D eigenvalue weighted by atomic mass is 32.2. The number of sulfonamides is 1. The second kappa shape index (κ2) is 6.40. The summed E-state index contributed by atoms with van der Waals surface area (Å²) >= 11 is 4.84. The Morgan fingerprint density at radius 2 is 2.16 bits per heavy atom. The highest BCUT2D eigenvalue weighted by Gasteiger charge is 2.25. The number of nitrogens with two attached hydrogens (primary N) is 1. The molecule has 2 N–H and O–H groups in total. The van der Waals surface area contributed by atoms with Crippen LogP contribution in [0.1, 0.15) is 13.8 Å². The van der Waals surface area contributed by atoms with Crippen molar-refractivity contribution in [1.82, 2.24) is 4.31 Å². The Morgan fingerprint density at radius 1 is 1.53 bits per heavy atom. The number of halogens is 1. The molecule has 0 aliphatic heterocycles. The molecular formula is C12H17FN2O2S2.